The zero-order valence-electron chi connectivity index (χ0n) is 13.7. The van der Waals surface area contributed by atoms with Crippen LogP contribution >= 0.6 is 22.6 Å². The molecule has 0 radical (unpaired) electrons. The molecule has 0 amide bonds. The molecule has 1 aromatic carbocycles. The zero-order chi connectivity index (χ0) is 15.5. The second kappa shape index (κ2) is 7.40. The van der Waals surface area contributed by atoms with Crippen LogP contribution in [0.4, 0.5) is 0 Å². The molecule has 1 fully saturated rings. The van der Waals surface area contributed by atoms with Crippen molar-refractivity contribution in [3.63, 3.8) is 0 Å². The van der Waals surface area contributed by atoms with E-state index < -0.39 is 0 Å². The van der Waals surface area contributed by atoms with Gasteiger partial charge in [0.05, 0.1) is 0 Å². The van der Waals surface area contributed by atoms with Gasteiger partial charge in [-0.3, -0.25) is 4.90 Å². The fourth-order valence-corrected chi connectivity index (χ4v) is 3.16. The summed E-state index contributed by atoms with van der Waals surface area (Å²) in [4.78, 5) is 5.02. The normalized spacial score (nSPS) is 19.7. The maximum atomic E-state index is 3.71. The number of rotatable bonds is 5. The van der Waals surface area contributed by atoms with Crippen LogP contribution in [0.25, 0.3) is 0 Å². The first-order valence-corrected chi connectivity index (χ1v) is 8.89. The SMILES string of the molecule is CC(NCC(C)(C)N1CCN(C)CC1)c1ccc(I)cc1. The monoisotopic (exact) mass is 401 g/mol. The van der Waals surface area contributed by atoms with E-state index in [2.05, 4.69) is 89.8 Å². The summed E-state index contributed by atoms with van der Waals surface area (Å²) >= 11 is 2.35. The van der Waals surface area contributed by atoms with Gasteiger partial charge >= 0.3 is 0 Å². The predicted molar refractivity (Wildman–Crippen MR) is 98.7 cm³/mol. The molecule has 118 valence electrons. The molecule has 21 heavy (non-hydrogen) atoms. The molecule has 4 heteroatoms. The van der Waals surface area contributed by atoms with Crippen LogP contribution in [0.1, 0.15) is 32.4 Å². The number of hydrogen-bond donors (Lipinski definition) is 1. The Bertz CT molecular complexity index is 436. The Morgan fingerprint density at radius 1 is 1.14 bits per heavy atom. The van der Waals surface area contributed by atoms with Gasteiger partial charge in [-0.05, 0) is 68.1 Å². The first-order valence-electron chi connectivity index (χ1n) is 7.81. The number of halogens is 1. The van der Waals surface area contributed by atoms with Gasteiger partial charge in [-0.25, -0.2) is 0 Å². The van der Waals surface area contributed by atoms with Gasteiger partial charge in [0.25, 0.3) is 0 Å². The van der Waals surface area contributed by atoms with Crippen molar-refractivity contribution < 1.29 is 0 Å². The number of nitrogens with zero attached hydrogens (tertiary/aromatic N) is 2. The van der Waals surface area contributed by atoms with Gasteiger partial charge in [-0.1, -0.05) is 12.1 Å². The number of hydrogen-bond acceptors (Lipinski definition) is 3. The van der Waals surface area contributed by atoms with E-state index in [-0.39, 0.29) is 5.54 Å². The summed E-state index contributed by atoms with van der Waals surface area (Å²) in [6, 6.07) is 9.21. The Hall–Kier alpha value is -0.170. The molecule has 3 nitrogen and oxygen atoms in total. The smallest absolute Gasteiger partial charge is 0.0292 e. The van der Waals surface area contributed by atoms with Gasteiger partial charge in [0.1, 0.15) is 0 Å². The Morgan fingerprint density at radius 2 is 1.71 bits per heavy atom. The van der Waals surface area contributed by atoms with Gasteiger partial charge in [0.15, 0.2) is 0 Å². The minimum Gasteiger partial charge on any atom is -0.308 e. The lowest BCUT2D eigenvalue weighted by Gasteiger charge is -2.44. The van der Waals surface area contributed by atoms with Crippen molar-refractivity contribution in [3.8, 4) is 0 Å². The molecule has 1 aliphatic rings. The van der Waals surface area contributed by atoms with Crippen LogP contribution in [-0.2, 0) is 0 Å². The molecule has 0 aromatic heterocycles. The lowest BCUT2D eigenvalue weighted by Crippen LogP contribution is -2.57. The first kappa shape index (κ1) is 17.2. The van der Waals surface area contributed by atoms with E-state index in [1.54, 1.807) is 0 Å². The van der Waals surface area contributed by atoms with E-state index in [1.807, 2.05) is 0 Å². The third-order valence-corrected chi connectivity index (χ3v) is 5.29. The average Bonchev–Trinajstić information content (AvgIpc) is 2.46. The summed E-state index contributed by atoms with van der Waals surface area (Å²) in [6.07, 6.45) is 0. The van der Waals surface area contributed by atoms with Crippen LogP contribution in [0, 0.1) is 3.57 Å². The molecule has 2 rings (SSSR count). The first-order chi connectivity index (χ1) is 9.88. The van der Waals surface area contributed by atoms with E-state index in [4.69, 9.17) is 0 Å². The minimum absolute atomic E-state index is 0.207. The molecule has 1 heterocycles. The van der Waals surface area contributed by atoms with E-state index in [0.717, 1.165) is 6.54 Å². The number of nitrogens with one attached hydrogen (secondary N) is 1. The van der Waals surface area contributed by atoms with Crippen molar-refractivity contribution >= 4 is 22.6 Å². The summed E-state index contributed by atoms with van der Waals surface area (Å²) in [5.41, 5.74) is 1.57. The molecule has 1 N–H and O–H groups in total. The molecule has 1 saturated heterocycles. The number of likely N-dealkylation sites (N-methyl/N-ethyl adjacent to an activating group) is 1. The molecule has 0 aliphatic carbocycles. The molecule has 0 spiro atoms. The third-order valence-electron chi connectivity index (χ3n) is 4.57. The van der Waals surface area contributed by atoms with E-state index >= 15 is 0 Å². The lowest BCUT2D eigenvalue weighted by molar-refractivity contribution is 0.0605. The average molecular weight is 401 g/mol. The fraction of sp³-hybridized carbons (Fsp3) is 0.647. The summed E-state index contributed by atoms with van der Waals surface area (Å²) < 4.78 is 1.29. The Morgan fingerprint density at radius 3 is 2.29 bits per heavy atom. The largest absolute Gasteiger partial charge is 0.308 e. The fourth-order valence-electron chi connectivity index (χ4n) is 2.80. The minimum atomic E-state index is 0.207. The zero-order valence-corrected chi connectivity index (χ0v) is 15.9. The van der Waals surface area contributed by atoms with Crippen molar-refractivity contribution in [3.05, 3.63) is 33.4 Å². The van der Waals surface area contributed by atoms with Crippen LogP contribution in [-0.4, -0.2) is 55.1 Å². The highest BCUT2D eigenvalue weighted by molar-refractivity contribution is 14.1. The number of benzene rings is 1. The van der Waals surface area contributed by atoms with Crippen molar-refractivity contribution in [2.75, 3.05) is 39.8 Å². The molecule has 1 aromatic rings. The second-order valence-electron chi connectivity index (χ2n) is 6.76. The lowest BCUT2D eigenvalue weighted by atomic mass is 10.00. The van der Waals surface area contributed by atoms with Crippen molar-refractivity contribution in [1.82, 2.24) is 15.1 Å². The highest BCUT2D eigenvalue weighted by atomic mass is 127. The van der Waals surface area contributed by atoms with Gasteiger partial charge in [0, 0.05) is 47.9 Å². The van der Waals surface area contributed by atoms with E-state index in [0.29, 0.717) is 6.04 Å². The summed E-state index contributed by atoms with van der Waals surface area (Å²) in [5, 5.41) is 3.71. The maximum Gasteiger partial charge on any atom is 0.0292 e. The topological polar surface area (TPSA) is 18.5 Å². The molecular formula is C17H28IN3. The van der Waals surface area contributed by atoms with Crippen LogP contribution in [0.3, 0.4) is 0 Å². The van der Waals surface area contributed by atoms with Crippen LogP contribution < -0.4 is 5.32 Å². The molecule has 1 aliphatic heterocycles. The Balaban J connectivity index is 1.87. The van der Waals surface area contributed by atoms with Gasteiger partial charge in [-0.15, -0.1) is 0 Å². The Kier molecular flexibility index (Phi) is 6.05. The molecule has 0 saturated carbocycles. The third kappa shape index (κ3) is 4.91. The summed E-state index contributed by atoms with van der Waals surface area (Å²) in [7, 11) is 2.21. The molecule has 1 atom stereocenters. The summed E-state index contributed by atoms with van der Waals surface area (Å²) in [5.74, 6) is 0. The highest BCUT2D eigenvalue weighted by Crippen LogP contribution is 2.19. The van der Waals surface area contributed by atoms with Gasteiger partial charge in [0.2, 0.25) is 0 Å². The van der Waals surface area contributed by atoms with Crippen molar-refractivity contribution in [2.45, 2.75) is 32.4 Å². The van der Waals surface area contributed by atoms with Crippen LogP contribution in [0.5, 0.6) is 0 Å². The molecule has 1 unspecified atom stereocenters. The van der Waals surface area contributed by atoms with Gasteiger partial charge < -0.3 is 10.2 Å². The second-order valence-corrected chi connectivity index (χ2v) is 8.00. The van der Waals surface area contributed by atoms with Crippen molar-refractivity contribution in [2.24, 2.45) is 0 Å². The predicted octanol–water partition coefficient (Wildman–Crippen LogP) is 2.97. The van der Waals surface area contributed by atoms with Gasteiger partial charge in [-0.2, -0.15) is 0 Å². The summed E-state index contributed by atoms with van der Waals surface area (Å²) in [6.45, 7) is 12.7. The molecule has 0 bridgehead atoms. The quantitative estimate of drug-likeness (QED) is 0.766. The van der Waals surface area contributed by atoms with Crippen molar-refractivity contribution in [1.29, 1.82) is 0 Å². The molecular weight excluding hydrogens is 373 g/mol. The highest BCUT2D eigenvalue weighted by Gasteiger charge is 2.29. The Labute approximate surface area is 143 Å². The van der Waals surface area contributed by atoms with Crippen LogP contribution in [0.15, 0.2) is 24.3 Å². The maximum absolute atomic E-state index is 3.71. The number of piperazine rings is 1. The standard InChI is InChI=1S/C17H28IN3/c1-14(15-5-7-16(18)8-6-15)19-13-17(2,3)21-11-9-20(4)10-12-21/h5-8,14,19H,9-13H2,1-4H3. The van der Waals surface area contributed by atoms with E-state index in [1.165, 1.54) is 35.3 Å². The van der Waals surface area contributed by atoms with Crippen LogP contribution in [0.2, 0.25) is 0 Å². The van der Waals surface area contributed by atoms with E-state index in [9.17, 15) is 0 Å².